The summed E-state index contributed by atoms with van der Waals surface area (Å²) in [5, 5.41) is 6.07. The smallest absolute Gasteiger partial charge is 0.291 e. The van der Waals surface area contributed by atoms with E-state index in [9.17, 15) is 9.59 Å². The Hall–Kier alpha value is -2.83. The van der Waals surface area contributed by atoms with Gasteiger partial charge in [0.15, 0.2) is 11.5 Å². The molecule has 0 atom stereocenters. The first-order valence-corrected chi connectivity index (χ1v) is 8.83. The first kappa shape index (κ1) is 18.9. The van der Waals surface area contributed by atoms with Crippen LogP contribution in [0.4, 0.5) is 5.69 Å². The fourth-order valence-electron chi connectivity index (χ4n) is 2.56. The van der Waals surface area contributed by atoms with E-state index in [1.807, 2.05) is 12.1 Å². The molecule has 1 heterocycles. The summed E-state index contributed by atoms with van der Waals surface area (Å²) in [6, 6.07) is 12.0. The summed E-state index contributed by atoms with van der Waals surface area (Å²) < 4.78 is 10.6. The van der Waals surface area contributed by atoms with E-state index in [0.717, 1.165) is 6.42 Å². The fourth-order valence-corrected chi connectivity index (χ4v) is 2.75. The van der Waals surface area contributed by atoms with Crippen molar-refractivity contribution >= 4 is 35.2 Å². The number of hydrogen-bond donors (Lipinski definition) is 2. The molecule has 1 aliphatic rings. The van der Waals surface area contributed by atoms with Crippen LogP contribution in [0.1, 0.15) is 22.3 Å². The second-order valence-electron chi connectivity index (χ2n) is 5.90. The van der Waals surface area contributed by atoms with E-state index in [2.05, 4.69) is 10.6 Å². The highest BCUT2D eigenvalue weighted by Crippen LogP contribution is 2.33. The topological polar surface area (TPSA) is 76.7 Å². The first-order chi connectivity index (χ1) is 13.1. The van der Waals surface area contributed by atoms with Gasteiger partial charge in [0.2, 0.25) is 0 Å². The molecule has 0 unspecified atom stereocenters. The average Bonchev–Trinajstić information content (AvgIpc) is 2.67. The summed E-state index contributed by atoms with van der Waals surface area (Å²) in [6.07, 6.45) is 2.31. The van der Waals surface area contributed by atoms with E-state index < -0.39 is 5.91 Å². The third-order valence-corrected chi connectivity index (χ3v) is 4.28. The van der Waals surface area contributed by atoms with E-state index >= 15 is 0 Å². The van der Waals surface area contributed by atoms with Crippen LogP contribution in [0, 0.1) is 0 Å². The van der Waals surface area contributed by atoms with E-state index in [1.54, 1.807) is 43.5 Å². The summed E-state index contributed by atoms with van der Waals surface area (Å²) in [5.41, 5.74) is 1.56. The number of benzene rings is 2. The Bertz CT molecular complexity index is 895. The van der Waals surface area contributed by atoms with Crippen molar-refractivity contribution in [3.8, 4) is 5.75 Å². The van der Waals surface area contributed by atoms with Gasteiger partial charge in [-0.05, 0) is 42.3 Å². The number of nitrogens with one attached hydrogen (secondary N) is 2. The monoisotopic (exact) mass is 386 g/mol. The normalized spacial score (nSPS) is 14.3. The maximum atomic E-state index is 12.3. The van der Waals surface area contributed by atoms with Gasteiger partial charge in [-0.1, -0.05) is 29.8 Å². The molecule has 27 heavy (non-hydrogen) atoms. The molecule has 0 spiro atoms. The lowest BCUT2D eigenvalue weighted by atomic mass is 10.1. The number of ether oxygens (including phenoxy) is 2. The maximum absolute atomic E-state index is 12.3. The SMILES string of the molecule is COCCCNC(=O)c1ccc2c(c1)NC(=O)C(=Cc1ccccc1Cl)O2. The lowest BCUT2D eigenvalue weighted by Crippen LogP contribution is -2.27. The van der Waals surface area contributed by atoms with Crippen LogP contribution < -0.4 is 15.4 Å². The largest absolute Gasteiger partial charge is 0.449 e. The van der Waals surface area contributed by atoms with Crippen LogP contribution in [0.5, 0.6) is 5.75 Å². The minimum atomic E-state index is -0.403. The lowest BCUT2D eigenvalue weighted by Gasteiger charge is -2.20. The van der Waals surface area contributed by atoms with Crippen LogP contribution in [0.25, 0.3) is 6.08 Å². The number of fused-ring (bicyclic) bond motifs is 1. The van der Waals surface area contributed by atoms with Gasteiger partial charge in [-0.3, -0.25) is 9.59 Å². The second-order valence-corrected chi connectivity index (χ2v) is 6.31. The molecule has 0 saturated heterocycles. The van der Waals surface area contributed by atoms with Crippen molar-refractivity contribution in [2.45, 2.75) is 6.42 Å². The zero-order valence-corrected chi connectivity index (χ0v) is 15.5. The number of carbonyl (C=O) groups is 2. The minimum absolute atomic E-state index is 0.132. The van der Waals surface area contributed by atoms with Crippen LogP contribution in [-0.4, -0.2) is 32.1 Å². The molecule has 6 nitrogen and oxygen atoms in total. The van der Waals surface area contributed by atoms with Crippen molar-refractivity contribution in [1.29, 1.82) is 0 Å². The number of halogens is 1. The van der Waals surface area contributed by atoms with E-state index in [-0.39, 0.29) is 11.7 Å². The van der Waals surface area contributed by atoms with Gasteiger partial charge in [0.05, 0.1) is 5.69 Å². The number of hydrogen-bond acceptors (Lipinski definition) is 4. The third kappa shape index (κ3) is 4.67. The quantitative estimate of drug-likeness (QED) is 0.588. The minimum Gasteiger partial charge on any atom is -0.449 e. The molecular weight excluding hydrogens is 368 g/mol. The number of carbonyl (C=O) groups excluding carboxylic acids is 2. The summed E-state index contributed by atoms with van der Waals surface area (Å²) in [6.45, 7) is 1.09. The summed E-state index contributed by atoms with van der Waals surface area (Å²) in [5.74, 6) is -0.0307. The first-order valence-electron chi connectivity index (χ1n) is 8.45. The molecule has 140 valence electrons. The molecule has 0 fully saturated rings. The second kappa shape index (κ2) is 8.70. The molecule has 0 bridgehead atoms. The molecule has 2 aromatic rings. The van der Waals surface area contributed by atoms with Crippen LogP contribution >= 0.6 is 11.6 Å². The van der Waals surface area contributed by atoms with Gasteiger partial charge in [-0.2, -0.15) is 0 Å². The molecule has 0 saturated carbocycles. The Morgan fingerprint density at radius 3 is 2.89 bits per heavy atom. The van der Waals surface area contributed by atoms with E-state index in [4.69, 9.17) is 21.1 Å². The van der Waals surface area contributed by atoms with Gasteiger partial charge in [0, 0.05) is 30.8 Å². The van der Waals surface area contributed by atoms with Crippen molar-refractivity contribution < 1.29 is 19.1 Å². The van der Waals surface area contributed by atoms with Crippen LogP contribution in [-0.2, 0) is 9.53 Å². The molecule has 2 aromatic carbocycles. The zero-order chi connectivity index (χ0) is 19.2. The Balaban J connectivity index is 1.75. The fraction of sp³-hybridized carbons (Fsp3) is 0.200. The summed E-state index contributed by atoms with van der Waals surface area (Å²) in [7, 11) is 1.61. The van der Waals surface area contributed by atoms with Gasteiger partial charge < -0.3 is 20.1 Å². The van der Waals surface area contributed by atoms with E-state index in [0.29, 0.717) is 40.7 Å². The molecule has 0 aromatic heterocycles. The van der Waals surface area contributed by atoms with Crippen molar-refractivity contribution in [3.05, 3.63) is 64.4 Å². The van der Waals surface area contributed by atoms with Gasteiger partial charge in [0.25, 0.3) is 11.8 Å². The van der Waals surface area contributed by atoms with Gasteiger partial charge in [-0.25, -0.2) is 0 Å². The highest BCUT2D eigenvalue weighted by molar-refractivity contribution is 6.32. The molecule has 7 heteroatoms. The van der Waals surface area contributed by atoms with Gasteiger partial charge in [0.1, 0.15) is 0 Å². The number of anilines is 1. The Labute approximate surface area is 162 Å². The van der Waals surface area contributed by atoms with Crippen molar-refractivity contribution in [2.24, 2.45) is 0 Å². The van der Waals surface area contributed by atoms with Gasteiger partial charge in [-0.15, -0.1) is 0 Å². The molecule has 2 amide bonds. The third-order valence-electron chi connectivity index (χ3n) is 3.94. The molecule has 2 N–H and O–H groups in total. The van der Waals surface area contributed by atoms with Crippen LogP contribution in [0.2, 0.25) is 5.02 Å². The highest BCUT2D eigenvalue weighted by atomic mass is 35.5. The molecule has 3 rings (SSSR count). The molecular formula is C20H19ClN2O4. The predicted octanol–water partition coefficient (Wildman–Crippen LogP) is 3.48. The number of amides is 2. The van der Waals surface area contributed by atoms with Crippen molar-refractivity contribution in [1.82, 2.24) is 5.32 Å². The lowest BCUT2D eigenvalue weighted by molar-refractivity contribution is -0.115. The predicted molar refractivity (Wildman–Crippen MR) is 104 cm³/mol. The van der Waals surface area contributed by atoms with Crippen molar-refractivity contribution in [2.75, 3.05) is 25.6 Å². The maximum Gasteiger partial charge on any atom is 0.291 e. The van der Waals surface area contributed by atoms with Crippen molar-refractivity contribution in [3.63, 3.8) is 0 Å². The van der Waals surface area contributed by atoms with Crippen LogP contribution in [0.15, 0.2) is 48.2 Å². The average molecular weight is 387 g/mol. The Kier molecular flexibility index (Phi) is 6.11. The van der Waals surface area contributed by atoms with Crippen LogP contribution in [0.3, 0.4) is 0 Å². The molecule has 1 aliphatic heterocycles. The number of rotatable bonds is 6. The zero-order valence-electron chi connectivity index (χ0n) is 14.8. The number of methoxy groups -OCH3 is 1. The Morgan fingerprint density at radius 1 is 1.30 bits per heavy atom. The molecule has 0 aliphatic carbocycles. The highest BCUT2D eigenvalue weighted by Gasteiger charge is 2.23. The summed E-state index contributed by atoms with van der Waals surface area (Å²) in [4.78, 5) is 24.5. The van der Waals surface area contributed by atoms with Gasteiger partial charge >= 0.3 is 0 Å². The Morgan fingerprint density at radius 2 is 2.11 bits per heavy atom. The molecule has 0 radical (unpaired) electrons. The standard InChI is InChI=1S/C20H19ClN2O4/c1-26-10-4-9-22-19(24)14-7-8-17-16(11-14)23-20(25)18(27-17)12-13-5-2-3-6-15(13)21/h2-3,5-8,11-12H,4,9-10H2,1H3,(H,22,24)(H,23,25). The summed E-state index contributed by atoms with van der Waals surface area (Å²) >= 11 is 6.12. The van der Waals surface area contributed by atoms with E-state index in [1.165, 1.54) is 0 Å².